The summed E-state index contributed by atoms with van der Waals surface area (Å²) in [5.41, 5.74) is 1.79. The minimum atomic E-state index is -0.919. The highest BCUT2D eigenvalue weighted by atomic mass is 32.1. The zero-order chi connectivity index (χ0) is 17.6. The molecule has 1 atom stereocenters. The Morgan fingerprint density at radius 2 is 1.84 bits per heavy atom. The van der Waals surface area contributed by atoms with Gasteiger partial charge in [-0.25, -0.2) is 4.79 Å². The zero-order valence-corrected chi connectivity index (χ0v) is 15.2. The molecule has 1 N–H and O–H groups in total. The maximum absolute atomic E-state index is 12.8. The monoisotopic (exact) mass is 357 g/mol. The summed E-state index contributed by atoms with van der Waals surface area (Å²) in [6, 6.07) is 11.2. The molecule has 4 nitrogen and oxygen atoms in total. The maximum Gasteiger partial charge on any atom is 0.349 e. The second-order valence-electron chi connectivity index (χ2n) is 6.52. The molecule has 0 aliphatic heterocycles. The van der Waals surface area contributed by atoms with E-state index in [0.29, 0.717) is 10.4 Å². The molecule has 5 heteroatoms. The number of rotatable bonds is 5. The molecule has 1 saturated carbocycles. The number of thiophene rings is 1. The van der Waals surface area contributed by atoms with Gasteiger partial charge in [-0.2, -0.15) is 0 Å². The largest absolute Gasteiger partial charge is 0.443 e. The number of benzene rings is 1. The van der Waals surface area contributed by atoms with Crippen LogP contribution in [0.1, 0.15) is 59.0 Å². The van der Waals surface area contributed by atoms with E-state index in [-0.39, 0.29) is 11.9 Å². The lowest BCUT2D eigenvalue weighted by atomic mass is 9.95. The van der Waals surface area contributed by atoms with E-state index in [1.165, 1.54) is 17.8 Å². The topological polar surface area (TPSA) is 55.4 Å². The summed E-state index contributed by atoms with van der Waals surface area (Å²) in [5.74, 6) is -0.694. The molecule has 1 aromatic heterocycles. The molecule has 0 radical (unpaired) electrons. The van der Waals surface area contributed by atoms with Crippen molar-refractivity contribution in [3.8, 4) is 0 Å². The number of amides is 1. The van der Waals surface area contributed by atoms with Crippen LogP contribution in [0.2, 0.25) is 0 Å². The fourth-order valence-electron chi connectivity index (χ4n) is 3.10. The lowest BCUT2D eigenvalue weighted by Gasteiger charge is -2.25. The Morgan fingerprint density at radius 1 is 1.12 bits per heavy atom. The SMILES string of the molecule is Cc1ccc([C@H](OC(=O)c2cccs2)C(=O)NC2CCCCC2)cc1. The van der Waals surface area contributed by atoms with Crippen molar-refractivity contribution >= 4 is 23.2 Å². The van der Waals surface area contributed by atoms with Gasteiger partial charge in [0.1, 0.15) is 4.88 Å². The van der Waals surface area contributed by atoms with Crippen LogP contribution in [0.25, 0.3) is 0 Å². The predicted molar refractivity (Wildman–Crippen MR) is 98.7 cm³/mol. The van der Waals surface area contributed by atoms with E-state index in [1.54, 1.807) is 12.1 Å². The Morgan fingerprint density at radius 3 is 2.48 bits per heavy atom. The van der Waals surface area contributed by atoms with Gasteiger partial charge in [0.25, 0.3) is 5.91 Å². The van der Waals surface area contributed by atoms with Crippen LogP contribution in [0.3, 0.4) is 0 Å². The third-order valence-electron chi connectivity index (χ3n) is 4.52. The van der Waals surface area contributed by atoms with Gasteiger partial charge in [-0.15, -0.1) is 11.3 Å². The molecule has 25 heavy (non-hydrogen) atoms. The molecule has 0 spiro atoms. The van der Waals surface area contributed by atoms with Crippen molar-refractivity contribution < 1.29 is 14.3 Å². The maximum atomic E-state index is 12.8. The van der Waals surface area contributed by atoms with Crippen LogP contribution < -0.4 is 5.32 Å². The van der Waals surface area contributed by atoms with E-state index in [9.17, 15) is 9.59 Å². The van der Waals surface area contributed by atoms with E-state index >= 15 is 0 Å². The number of ether oxygens (including phenoxy) is 1. The first-order valence-electron chi connectivity index (χ1n) is 8.75. The van der Waals surface area contributed by atoms with Gasteiger partial charge in [0, 0.05) is 11.6 Å². The molecule has 1 aromatic carbocycles. The average Bonchev–Trinajstić information content (AvgIpc) is 3.16. The van der Waals surface area contributed by atoms with Crippen molar-refractivity contribution in [2.45, 2.75) is 51.2 Å². The minimum Gasteiger partial charge on any atom is -0.443 e. The van der Waals surface area contributed by atoms with E-state index in [2.05, 4.69) is 5.32 Å². The quantitative estimate of drug-likeness (QED) is 0.807. The number of esters is 1. The second-order valence-corrected chi connectivity index (χ2v) is 7.46. The molecule has 1 heterocycles. The molecule has 1 fully saturated rings. The Labute approximate surface area is 152 Å². The van der Waals surface area contributed by atoms with Crippen LogP contribution in [0, 0.1) is 6.92 Å². The van der Waals surface area contributed by atoms with Crippen LogP contribution >= 0.6 is 11.3 Å². The molecule has 0 unspecified atom stereocenters. The molecule has 0 saturated heterocycles. The van der Waals surface area contributed by atoms with E-state index in [4.69, 9.17) is 4.74 Å². The standard InChI is InChI=1S/C20H23NO3S/c1-14-9-11-15(12-10-14)18(24-20(23)17-8-5-13-25-17)19(22)21-16-6-3-2-4-7-16/h5,8-13,16,18H,2-4,6-7H2,1H3,(H,21,22)/t18-/m0/s1. The Balaban J connectivity index is 1.76. The average molecular weight is 357 g/mol. The van der Waals surface area contributed by atoms with Crippen molar-refractivity contribution in [2.75, 3.05) is 0 Å². The van der Waals surface area contributed by atoms with Gasteiger partial charge >= 0.3 is 5.97 Å². The van der Waals surface area contributed by atoms with Crippen LogP contribution in [0.15, 0.2) is 41.8 Å². The number of hydrogen-bond acceptors (Lipinski definition) is 4. The van der Waals surface area contributed by atoms with Crippen molar-refractivity contribution in [3.63, 3.8) is 0 Å². The molecular formula is C20H23NO3S. The summed E-state index contributed by atoms with van der Waals surface area (Å²) in [4.78, 5) is 25.7. The molecule has 132 valence electrons. The fourth-order valence-corrected chi connectivity index (χ4v) is 3.70. The number of carbonyl (C=O) groups is 2. The van der Waals surface area contributed by atoms with E-state index in [1.807, 2.05) is 36.6 Å². The molecule has 2 aromatic rings. The first-order valence-corrected chi connectivity index (χ1v) is 9.63. The summed E-state index contributed by atoms with van der Waals surface area (Å²) < 4.78 is 5.58. The third-order valence-corrected chi connectivity index (χ3v) is 5.37. The number of hydrogen-bond donors (Lipinski definition) is 1. The normalized spacial score (nSPS) is 16.2. The van der Waals surface area contributed by atoms with Gasteiger partial charge in [-0.05, 0) is 31.2 Å². The molecular weight excluding hydrogens is 334 g/mol. The molecule has 0 bridgehead atoms. The highest BCUT2D eigenvalue weighted by Gasteiger charge is 2.28. The molecule has 1 aliphatic rings. The first kappa shape index (κ1) is 17.7. The van der Waals surface area contributed by atoms with Gasteiger partial charge < -0.3 is 10.1 Å². The summed E-state index contributed by atoms with van der Waals surface area (Å²) in [6.07, 6.45) is 4.55. The summed E-state index contributed by atoms with van der Waals surface area (Å²) in [6.45, 7) is 1.98. The Hall–Kier alpha value is -2.14. The van der Waals surface area contributed by atoms with Gasteiger partial charge in [-0.1, -0.05) is 55.2 Å². The van der Waals surface area contributed by atoms with Crippen LogP contribution in [0.4, 0.5) is 0 Å². The van der Waals surface area contributed by atoms with Gasteiger partial charge in [-0.3, -0.25) is 4.79 Å². The minimum absolute atomic E-state index is 0.176. The van der Waals surface area contributed by atoms with Crippen molar-refractivity contribution in [1.29, 1.82) is 0 Å². The van der Waals surface area contributed by atoms with Gasteiger partial charge in [0.2, 0.25) is 6.10 Å². The van der Waals surface area contributed by atoms with Crippen LogP contribution in [-0.2, 0) is 9.53 Å². The Bertz CT molecular complexity index is 703. The highest BCUT2D eigenvalue weighted by molar-refractivity contribution is 7.11. The zero-order valence-electron chi connectivity index (χ0n) is 14.4. The molecule has 1 aliphatic carbocycles. The predicted octanol–water partition coefficient (Wildman–Crippen LogP) is 4.40. The van der Waals surface area contributed by atoms with E-state index in [0.717, 1.165) is 31.2 Å². The number of carbonyl (C=O) groups excluding carboxylic acids is 2. The van der Waals surface area contributed by atoms with Crippen LogP contribution in [-0.4, -0.2) is 17.9 Å². The summed E-state index contributed by atoms with van der Waals surface area (Å²) in [7, 11) is 0. The lowest BCUT2D eigenvalue weighted by molar-refractivity contribution is -0.131. The highest BCUT2D eigenvalue weighted by Crippen LogP contribution is 2.24. The second kappa shape index (κ2) is 8.30. The van der Waals surface area contributed by atoms with Gasteiger partial charge in [0.05, 0.1) is 0 Å². The molecule has 3 rings (SSSR count). The third kappa shape index (κ3) is 4.69. The number of nitrogens with one attached hydrogen (secondary N) is 1. The van der Waals surface area contributed by atoms with Crippen LogP contribution in [0.5, 0.6) is 0 Å². The van der Waals surface area contributed by atoms with Crippen molar-refractivity contribution in [1.82, 2.24) is 5.32 Å². The fraction of sp³-hybridized carbons (Fsp3) is 0.400. The lowest BCUT2D eigenvalue weighted by Crippen LogP contribution is -2.40. The summed E-state index contributed by atoms with van der Waals surface area (Å²) in [5, 5.41) is 4.89. The number of aryl methyl sites for hydroxylation is 1. The smallest absolute Gasteiger partial charge is 0.349 e. The summed E-state index contributed by atoms with van der Waals surface area (Å²) >= 11 is 1.31. The van der Waals surface area contributed by atoms with Crippen molar-refractivity contribution in [3.05, 3.63) is 57.8 Å². The van der Waals surface area contributed by atoms with Gasteiger partial charge in [0.15, 0.2) is 0 Å². The Kier molecular flexibility index (Phi) is 5.87. The van der Waals surface area contributed by atoms with E-state index < -0.39 is 12.1 Å². The first-order chi connectivity index (χ1) is 12.1. The molecule has 1 amide bonds. The van der Waals surface area contributed by atoms with Crippen molar-refractivity contribution in [2.24, 2.45) is 0 Å².